The van der Waals surface area contributed by atoms with Crippen LogP contribution in [-0.4, -0.2) is 40.0 Å². The van der Waals surface area contributed by atoms with Crippen molar-refractivity contribution < 1.29 is 23.5 Å². The maximum atomic E-state index is 13.9. The van der Waals surface area contributed by atoms with Crippen LogP contribution in [0.15, 0.2) is 35.1 Å². The highest BCUT2D eigenvalue weighted by atomic mass is 19.1. The van der Waals surface area contributed by atoms with Crippen molar-refractivity contribution in [3.63, 3.8) is 0 Å². The largest absolute Gasteiger partial charge is 0.481 e. The zero-order chi connectivity index (χ0) is 17.1. The number of benzene rings is 1. The molecular weight excluding hydrogens is 315 g/mol. The van der Waals surface area contributed by atoms with Crippen LogP contribution in [0.2, 0.25) is 0 Å². The van der Waals surface area contributed by atoms with Crippen molar-refractivity contribution in [1.29, 1.82) is 0 Å². The number of hydrogen-bond acceptors (Lipinski definition) is 4. The van der Waals surface area contributed by atoms with Crippen molar-refractivity contribution in [2.45, 2.75) is 19.3 Å². The van der Waals surface area contributed by atoms with Gasteiger partial charge in [-0.1, -0.05) is 12.1 Å². The smallest absolute Gasteiger partial charge is 0.303 e. The number of likely N-dealkylation sites (tertiary alicyclic amines) is 1. The van der Waals surface area contributed by atoms with Gasteiger partial charge >= 0.3 is 5.97 Å². The van der Waals surface area contributed by atoms with Gasteiger partial charge in [-0.25, -0.2) is 9.37 Å². The minimum absolute atomic E-state index is 0.0786. The lowest BCUT2D eigenvalue weighted by Gasteiger charge is -2.31. The number of amides is 1. The summed E-state index contributed by atoms with van der Waals surface area (Å²) in [6.07, 6.45) is 2.51. The van der Waals surface area contributed by atoms with Crippen molar-refractivity contribution in [2.24, 2.45) is 5.92 Å². The fraction of sp³-hybridized carbons (Fsp3) is 0.353. The summed E-state index contributed by atoms with van der Waals surface area (Å²) in [4.78, 5) is 29.0. The van der Waals surface area contributed by atoms with Crippen LogP contribution in [0.3, 0.4) is 0 Å². The van der Waals surface area contributed by atoms with Gasteiger partial charge in [0, 0.05) is 19.5 Å². The Morgan fingerprint density at radius 2 is 2.00 bits per heavy atom. The van der Waals surface area contributed by atoms with E-state index < -0.39 is 11.8 Å². The van der Waals surface area contributed by atoms with Crippen LogP contribution in [0, 0.1) is 11.7 Å². The standard InChI is InChI=1S/C17H17FN2O4/c18-13-4-2-1-3-12(13)16-15(19-10-24-16)17(23)20-7-5-11(6-8-20)9-14(21)22/h1-4,10-11H,5-9H2,(H,21,22). The molecule has 0 radical (unpaired) electrons. The highest BCUT2D eigenvalue weighted by Crippen LogP contribution is 2.28. The zero-order valence-electron chi connectivity index (χ0n) is 12.9. The molecule has 1 amide bonds. The van der Waals surface area contributed by atoms with E-state index in [4.69, 9.17) is 9.52 Å². The first kappa shape index (κ1) is 16.2. The number of carboxylic acid groups (broad SMARTS) is 1. The molecule has 2 aromatic rings. The summed E-state index contributed by atoms with van der Waals surface area (Å²) in [7, 11) is 0. The molecule has 0 atom stereocenters. The van der Waals surface area contributed by atoms with Crippen LogP contribution < -0.4 is 0 Å². The number of carbonyl (C=O) groups excluding carboxylic acids is 1. The number of nitrogens with zero attached hydrogens (tertiary/aromatic N) is 2. The molecular formula is C17H17FN2O4. The Balaban J connectivity index is 1.75. The SMILES string of the molecule is O=C(O)CC1CCN(C(=O)c2ncoc2-c2ccccc2F)CC1. The number of piperidine rings is 1. The first-order chi connectivity index (χ1) is 11.6. The summed E-state index contributed by atoms with van der Waals surface area (Å²) in [6.45, 7) is 0.917. The molecule has 1 aromatic carbocycles. The van der Waals surface area contributed by atoms with Crippen molar-refractivity contribution in [1.82, 2.24) is 9.88 Å². The lowest BCUT2D eigenvalue weighted by atomic mass is 9.93. The van der Waals surface area contributed by atoms with Gasteiger partial charge in [-0.3, -0.25) is 9.59 Å². The predicted molar refractivity (Wildman–Crippen MR) is 82.8 cm³/mol. The van der Waals surface area contributed by atoms with Gasteiger partial charge in [0.2, 0.25) is 0 Å². The predicted octanol–water partition coefficient (Wildman–Crippen LogP) is 2.81. The number of carboxylic acids is 1. The molecule has 2 heterocycles. The number of oxazole rings is 1. The first-order valence-electron chi connectivity index (χ1n) is 7.75. The van der Waals surface area contributed by atoms with Crippen LogP contribution in [0.1, 0.15) is 29.8 Å². The Bertz CT molecular complexity index is 751. The summed E-state index contributed by atoms with van der Waals surface area (Å²) < 4.78 is 19.2. The molecule has 126 valence electrons. The normalized spacial score (nSPS) is 15.5. The third-order valence-corrected chi connectivity index (χ3v) is 4.25. The maximum absolute atomic E-state index is 13.9. The molecule has 1 aliphatic rings. The minimum atomic E-state index is -0.821. The first-order valence-corrected chi connectivity index (χ1v) is 7.75. The summed E-state index contributed by atoms with van der Waals surface area (Å²) in [6, 6.07) is 6.05. The number of halogens is 1. The number of rotatable bonds is 4. The van der Waals surface area contributed by atoms with Gasteiger partial charge in [0.05, 0.1) is 5.56 Å². The van der Waals surface area contributed by atoms with Gasteiger partial charge in [-0.15, -0.1) is 0 Å². The summed E-state index contributed by atoms with van der Waals surface area (Å²) in [5.41, 5.74) is 0.274. The van der Waals surface area contributed by atoms with Crippen LogP contribution in [0.25, 0.3) is 11.3 Å². The molecule has 0 aliphatic carbocycles. The monoisotopic (exact) mass is 332 g/mol. The summed E-state index contributed by atoms with van der Waals surface area (Å²) in [5.74, 6) is -1.43. The van der Waals surface area contributed by atoms with E-state index in [1.54, 1.807) is 17.0 Å². The molecule has 6 nitrogen and oxygen atoms in total. The van der Waals surface area contributed by atoms with E-state index >= 15 is 0 Å². The quantitative estimate of drug-likeness (QED) is 0.931. The van der Waals surface area contributed by atoms with Gasteiger partial charge < -0.3 is 14.4 Å². The fourth-order valence-electron chi connectivity index (χ4n) is 2.97. The lowest BCUT2D eigenvalue weighted by Crippen LogP contribution is -2.39. The molecule has 1 N–H and O–H groups in total. The van der Waals surface area contributed by atoms with E-state index in [9.17, 15) is 14.0 Å². The molecule has 7 heteroatoms. The molecule has 1 saturated heterocycles. The molecule has 1 fully saturated rings. The van der Waals surface area contributed by atoms with Gasteiger partial charge in [0.15, 0.2) is 17.8 Å². The second-order valence-corrected chi connectivity index (χ2v) is 5.84. The molecule has 1 aliphatic heterocycles. The molecule has 0 saturated carbocycles. The molecule has 24 heavy (non-hydrogen) atoms. The second kappa shape index (κ2) is 6.82. The van der Waals surface area contributed by atoms with E-state index in [0.29, 0.717) is 25.9 Å². The van der Waals surface area contributed by atoms with E-state index in [2.05, 4.69) is 4.98 Å². The van der Waals surface area contributed by atoms with Crippen molar-refractivity contribution in [3.05, 3.63) is 42.2 Å². The third kappa shape index (κ3) is 3.29. The minimum Gasteiger partial charge on any atom is -0.481 e. The Labute approximate surface area is 137 Å². The van der Waals surface area contributed by atoms with Crippen molar-refractivity contribution >= 4 is 11.9 Å². The Morgan fingerprint density at radius 1 is 1.29 bits per heavy atom. The lowest BCUT2D eigenvalue weighted by molar-refractivity contribution is -0.138. The fourth-order valence-corrected chi connectivity index (χ4v) is 2.97. The average molecular weight is 332 g/mol. The van der Waals surface area contributed by atoms with Crippen LogP contribution in [-0.2, 0) is 4.79 Å². The van der Waals surface area contributed by atoms with Crippen molar-refractivity contribution in [2.75, 3.05) is 13.1 Å². The number of carbonyl (C=O) groups is 2. The number of hydrogen-bond donors (Lipinski definition) is 1. The Kier molecular flexibility index (Phi) is 4.59. The summed E-state index contributed by atoms with van der Waals surface area (Å²) in [5, 5.41) is 8.84. The topological polar surface area (TPSA) is 83.6 Å². The van der Waals surface area contributed by atoms with E-state index in [1.165, 1.54) is 12.1 Å². The Morgan fingerprint density at radius 3 is 2.67 bits per heavy atom. The maximum Gasteiger partial charge on any atom is 0.303 e. The summed E-state index contributed by atoms with van der Waals surface area (Å²) >= 11 is 0. The van der Waals surface area contributed by atoms with E-state index in [1.807, 2.05) is 0 Å². The molecule has 0 bridgehead atoms. The average Bonchev–Trinajstić information content (AvgIpc) is 3.04. The molecule has 3 rings (SSSR count). The van der Waals surface area contributed by atoms with E-state index in [0.717, 1.165) is 6.39 Å². The van der Waals surface area contributed by atoms with Gasteiger partial charge in [0.1, 0.15) is 5.82 Å². The molecule has 1 aromatic heterocycles. The van der Waals surface area contributed by atoms with Crippen LogP contribution in [0.4, 0.5) is 4.39 Å². The van der Waals surface area contributed by atoms with Crippen LogP contribution >= 0.6 is 0 Å². The Hall–Kier alpha value is -2.70. The molecule has 0 unspecified atom stereocenters. The zero-order valence-corrected chi connectivity index (χ0v) is 12.9. The van der Waals surface area contributed by atoms with Crippen LogP contribution in [0.5, 0.6) is 0 Å². The van der Waals surface area contributed by atoms with E-state index in [-0.39, 0.29) is 35.3 Å². The van der Waals surface area contributed by atoms with Gasteiger partial charge in [-0.2, -0.15) is 0 Å². The van der Waals surface area contributed by atoms with Crippen molar-refractivity contribution in [3.8, 4) is 11.3 Å². The highest BCUT2D eigenvalue weighted by Gasteiger charge is 2.29. The second-order valence-electron chi connectivity index (χ2n) is 5.84. The van der Waals surface area contributed by atoms with Gasteiger partial charge in [-0.05, 0) is 30.9 Å². The number of aromatic nitrogens is 1. The molecule has 0 spiro atoms. The number of aliphatic carboxylic acids is 1. The van der Waals surface area contributed by atoms with Gasteiger partial charge in [0.25, 0.3) is 5.91 Å². The highest BCUT2D eigenvalue weighted by molar-refractivity contribution is 5.97. The third-order valence-electron chi connectivity index (χ3n) is 4.25.